The number of H-pyrrole nitrogens is 1. The zero-order chi connectivity index (χ0) is 33.0. The number of rotatable bonds is 6. The molecule has 3 aromatic carbocycles. The first-order valence-electron chi connectivity index (χ1n) is 13.4. The van der Waals surface area contributed by atoms with Gasteiger partial charge in [-0.25, -0.2) is 4.90 Å². The van der Waals surface area contributed by atoms with Gasteiger partial charge in [0.05, 0.1) is 33.4 Å². The molecule has 46 heavy (non-hydrogen) atoms. The molecule has 1 saturated heterocycles. The Morgan fingerprint density at radius 2 is 1.63 bits per heavy atom. The van der Waals surface area contributed by atoms with Crippen molar-refractivity contribution in [2.75, 3.05) is 16.8 Å². The molecule has 0 radical (unpaired) electrons. The highest BCUT2D eigenvalue weighted by atomic mass is 32.2. The zero-order valence-electron chi connectivity index (χ0n) is 22.9. The van der Waals surface area contributed by atoms with Crippen molar-refractivity contribution in [1.82, 2.24) is 4.98 Å². The SMILES string of the molecule is O=C(COc1cccc([C@H]2c3sc(=O)[nH]c3SC3C(=O)N(c4cccc(C(F)(F)F)c4)C(=O)C32)c1)Nc1ccccc1C(F)(F)F. The number of nitrogens with one attached hydrogen (secondary N) is 2. The van der Waals surface area contributed by atoms with E-state index in [1.54, 1.807) is 6.07 Å². The monoisotopic (exact) mass is 679 g/mol. The summed E-state index contributed by atoms with van der Waals surface area (Å²) < 4.78 is 85.7. The van der Waals surface area contributed by atoms with Crippen molar-refractivity contribution in [3.8, 4) is 5.75 Å². The molecule has 0 spiro atoms. The summed E-state index contributed by atoms with van der Waals surface area (Å²) in [6.07, 6.45) is -9.42. The molecule has 2 aliphatic rings. The van der Waals surface area contributed by atoms with Gasteiger partial charge in [-0.15, -0.1) is 0 Å². The average Bonchev–Trinajstić information content (AvgIpc) is 3.49. The lowest BCUT2D eigenvalue weighted by molar-refractivity contribution is -0.138. The van der Waals surface area contributed by atoms with Gasteiger partial charge in [0.15, 0.2) is 6.61 Å². The molecule has 1 aromatic heterocycles. The molecule has 3 amide bonds. The van der Waals surface area contributed by atoms with E-state index in [2.05, 4.69) is 10.3 Å². The van der Waals surface area contributed by atoms with E-state index in [1.165, 1.54) is 36.4 Å². The van der Waals surface area contributed by atoms with Gasteiger partial charge < -0.3 is 15.0 Å². The third-order valence-corrected chi connectivity index (χ3v) is 9.75. The van der Waals surface area contributed by atoms with Crippen molar-refractivity contribution < 1.29 is 45.5 Å². The number of carbonyl (C=O) groups excluding carboxylic acids is 3. The van der Waals surface area contributed by atoms with Crippen molar-refractivity contribution in [1.29, 1.82) is 0 Å². The minimum atomic E-state index is -4.71. The fourth-order valence-electron chi connectivity index (χ4n) is 5.42. The first-order valence-corrected chi connectivity index (χ1v) is 15.1. The second kappa shape index (κ2) is 11.7. The number of halogens is 6. The Morgan fingerprint density at radius 3 is 2.37 bits per heavy atom. The second-order valence-electron chi connectivity index (χ2n) is 10.3. The molecule has 0 aliphatic carbocycles. The lowest BCUT2D eigenvalue weighted by Gasteiger charge is -2.30. The highest BCUT2D eigenvalue weighted by Gasteiger charge is 2.56. The largest absolute Gasteiger partial charge is 0.484 e. The smallest absolute Gasteiger partial charge is 0.418 e. The van der Waals surface area contributed by atoms with Crippen LogP contribution >= 0.6 is 23.1 Å². The van der Waals surface area contributed by atoms with Crippen LogP contribution < -0.4 is 19.8 Å². The zero-order valence-corrected chi connectivity index (χ0v) is 24.6. The first-order chi connectivity index (χ1) is 21.7. The van der Waals surface area contributed by atoms with Crippen molar-refractivity contribution in [2.24, 2.45) is 5.92 Å². The summed E-state index contributed by atoms with van der Waals surface area (Å²) in [6, 6.07) is 14.4. The molecule has 4 aromatic rings. The van der Waals surface area contributed by atoms with Crippen LogP contribution in [-0.4, -0.2) is 34.6 Å². The Bertz CT molecular complexity index is 1920. The minimum absolute atomic E-state index is 0.0995. The van der Waals surface area contributed by atoms with Crippen LogP contribution in [0.2, 0.25) is 0 Å². The van der Waals surface area contributed by atoms with Crippen LogP contribution in [0, 0.1) is 5.92 Å². The number of alkyl halides is 6. The van der Waals surface area contributed by atoms with E-state index < -0.39 is 75.5 Å². The molecule has 238 valence electrons. The van der Waals surface area contributed by atoms with E-state index in [0.717, 1.165) is 58.3 Å². The van der Waals surface area contributed by atoms with Crippen LogP contribution in [0.25, 0.3) is 0 Å². The second-order valence-corrected chi connectivity index (χ2v) is 12.4. The number of hydrogen-bond donors (Lipinski definition) is 2. The van der Waals surface area contributed by atoms with Gasteiger partial charge in [0.1, 0.15) is 11.0 Å². The summed E-state index contributed by atoms with van der Waals surface area (Å²) in [7, 11) is 0. The predicted octanol–water partition coefficient (Wildman–Crippen LogP) is 6.29. The number of fused-ring (bicyclic) bond motifs is 2. The van der Waals surface area contributed by atoms with Crippen molar-refractivity contribution in [3.63, 3.8) is 0 Å². The summed E-state index contributed by atoms with van der Waals surface area (Å²) in [5.41, 5.74) is -2.37. The maximum absolute atomic E-state index is 13.8. The Balaban J connectivity index is 1.28. The van der Waals surface area contributed by atoms with Gasteiger partial charge in [-0.1, -0.05) is 53.4 Å². The summed E-state index contributed by atoms with van der Waals surface area (Å²) in [4.78, 5) is 55.6. The van der Waals surface area contributed by atoms with Crippen LogP contribution in [-0.2, 0) is 26.7 Å². The van der Waals surface area contributed by atoms with Gasteiger partial charge in [0.2, 0.25) is 11.8 Å². The Kier molecular flexibility index (Phi) is 7.96. The van der Waals surface area contributed by atoms with Crippen LogP contribution in [0.3, 0.4) is 0 Å². The number of anilines is 2. The maximum atomic E-state index is 13.8. The normalized spacial score (nSPS) is 19.5. The van der Waals surface area contributed by atoms with Crippen molar-refractivity contribution in [2.45, 2.75) is 28.5 Å². The third-order valence-electron chi connectivity index (χ3n) is 7.35. The molecule has 0 bridgehead atoms. The molecular weight excluding hydrogens is 660 g/mol. The fraction of sp³-hybridized carbons (Fsp3) is 0.200. The highest BCUT2D eigenvalue weighted by molar-refractivity contribution is 8.00. The van der Waals surface area contributed by atoms with Gasteiger partial charge in [-0.2, -0.15) is 26.3 Å². The standard InChI is InChI=1S/C30H19F6N3O5S2/c31-29(32,33)15-6-4-7-16(12-15)39-26(41)22-21(23-25(38-28(43)46-23)45-24(22)27(39)42)14-5-3-8-17(11-14)44-13-20(40)37-19-10-2-1-9-18(19)30(34,35)36/h1-12,21-22,24H,13H2,(H,37,40)(H,38,43)/t21-,22?,24?/m1/s1. The number of thioether (sulfide) groups is 1. The lowest BCUT2D eigenvalue weighted by Crippen LogP contribution is -2.32. The maximum Gasteiger partial charge on any atom is 0.418 e. The molecular formula is C30H19F6N3O5S2. The molecule has 2 aliphatic heterocycles. The van der Waals surface area contributed by atoms with Crippen LogP contribution in [0.1, 0.15) is 27.5 Å². The van der Waals surface area contributed by atoms with E-state index in [9.17, 15) is 45.5 Å². The summed E-state index contributed by atoms with van der Waals surface area (Å²) >= 11 is 1.76. The number of nitrogens with zero attached hydrogens (tertiary/aromatic N) is 1. The molecule has 6 rings (SSSR count). The number of aromatic nitrogens is 1. The van der Waals surface area contributed by atoms with Gasteiger partial charge in [-0.05, 0) is 48.0 Å². The van der Waals surface area contributed by atoms with Crippen LogP contribution in [0.4, 0.5) is 37.7 Å². The topological polar surface area (TPSA) is 109 Å². The number of imide groups is 1. The van der Waals surface area contributed by atoms with E-state index in [0.29, 0.717) is 15.5 Å². The Labute approximate surface area is 263 Å². The van der Waals surface area contributed by atoms with E-state index in [1.807, 2.05) is 0 Å². The molecule has 2 N–H and O–H groups in total. The lowest BCUT2D eigenvalue weighted by atomic mass is 9.83. The van der Waals surface area contributed by atoms with Gasteiger partial charge in [0.25, 0.3) is 5.91 Å². The summed E-state index contributed by atoms with van der Waals surface area (Å²) in [5, 5.41) is 1.43. The minimum Gasteiger partial charge on any atom is -0.484 e. The number of aromatic amines is 1. The van der Waals surface area contributed by atoms with Gasteiger partial charge in [0, 0.05) is 10.8 Å². The van der Waals surface area contributed by atoms with E-state index in [-0.39, 0.29) is 11.4 Å². The van der Waals surface area contributed by atoms with Crippen LogP contribution in [0.15, 0.2) is 82.6 Å². The Hall–Kier alpha value is -4.57. The van der Waals surface area contributed by atoms with E-state index in [4.69, 9.17) is 4.74 Å². The predicted molar refractivity (Wildman–Crippen MR) is 156 cm³/mol. The van der Waals surface area contributed by atoms with Crippen molar-refractivity contribution >= 4 is 52.2 Å². The van der Waals surface area contributed by atoms with Crippen LogP contribution in [0.5, 0.6) is 5.75 Å². The first kappa shape index (κ1) is 31.4. The fourth-order valence-corrected chi connectivity index (χ4v) is 7.94. The number of carbonyl (C=O) groups is 3. The molecule has 2 unspecified atom stereocenters. The molecule has 0 saturated carbocycles. The van der Waals surface area contributed by atoms with E-state index >= 15 is 0 Å². The number of hydrogen-bond acceptors (Lipinski definition) is 7. The number of amides is 3. The molecule has 3 heterocycles. The quantitative estimate of drug-likeness (QED) is 0.183. The van der Waals surface area contributed by atoms with Crippen molar-refractivity contribution in [3.05, 3.63) is 104 Å². The summed E-state index contributed by atoms with van der Waals surface area (Å²) in [5.74, 6) is -4.28. The third kappa shape index (κ3) is 5.89. The number of ether oxygens (including phenoxy) is 1. The molecule has 8 nitrogen and oxygen atoms in total. The summed E-state index contributed by atoms with van der Waals surface area (Å²) in [6.45, 7) is -0.675. The Morgan fingerprint density at radius 1 is 0.891 bits per heavy atom. The molecule has 16 heteroatoms. The molecule has 3 atom stereocenters. The highest BCUT2D eigenvalue weighted by Crippen LogP contribution is 2.53. The number of para-hydroxylation sites is 1. The number of thiazole rings is 1. The number of benzene rings is 3. The molecule has 1 fully saturated rings. The van der Waals surface area contributed by atoms with Gasteiger partial charge >= 0.3 is 17.2 Å². The van der Waals surface area contributed by atoms with Gasteiger partial charge in [-0.3, -0.25) is 19.2 Å². The average molecular weight is 680 g/mol.